The van der Waals surface area contributed by atoms with Crippen molar-refractivity contribution >= 4 is 48.5 Å². The number of guanidine groups is 1. The van der Waals surface area contributed by atoms with E-state index in [1.807, 2.05) is 38.1 Å². The third-order valence-electron chi connectivity index (χ3n) is 7.12. The molecular weight excluding hydrogens is 584 g/mol. The van der Waals surface area contributed by atoms with Crippen LogP contribution in [-0.4, -0.2) is 70.4 Å². The second-order valence-corrected chi connectivity index (χ2v) is 13.1. The molecule has 42 heavy (non-hydrogen) atoms. The van der Waals surface area contributed by atoms with Crippen molar-refractivity contribution in [2.75, 3.05) is 13.2 Å². The highest BCUT2D eigenvalue weighted by Crippen LogP contribution is 2.49. The molecule has 14 heteroatoms. The van der Waals surface area contributed by atoms with Crippen LogP contribution in [0.4, 0.5) is 4.39 Å². The average molecular weight is 622 g/mol. The number of thioether (sulfide) groups is 1. The highest BCUT2D eigenvalue weighted by atomic mass is 32.2. The Morgan fingerprint density at radius 3 is 2.69 bits per heavy atom. The Hall–Kier alpha value is -2.96. The maximum Gasteiger partial charge on any atom is 0.459 e. The van der Waals surface area contributed by atoms with Gasteiger partial charge in [0.15, 0.2) is 6.17 Å². The van der Waals surface area contributed by atoms with Crippen molar-refractivity contribution in [3.8, 4) is 5.75 Å². The smallest absolute Gasteiger partial charge is 0.459 e. The molecule has 0 saturated carbocycles. The van der Waals surface area contributed by atoms with Crippen LogP contribution in [0.1, 0.15) is 33.6 Å². The quantitative estimate of drug-likeness (QED) is 0.215. The number of benzene rings is 2. The summed E-state index contributed by atoms with van der Waals surface area (Å²) in [6, 6.07) is 11.6. The number of hydrogen-bond donors (Lipinski definition) is 3. The number of halogens is 1. The monoisotopic (exact) mass is 621 g/mol. The first-order valence-electron chi connectivity index (χ1n) is 13.7. The minimum Gasteiger partial charge on any atom is -0.464 e. The van der Waals surface area contributed by atoms with Crippen LogP contribution in [0.5, 0.6) is 5.75 Å². The van der Waals surface area contributed by atoms with E-state index in [0.29, 0.717) is 5.39 Å². The molecule has 1 fully saturated rings. The fraction of sp³-hybridized carbons (Fsp3) is 0.464. The maximum atomic E-state index is 15.2. The van der Waals surface area contributed by atoms with Gasteiger partial charge in [0.1, 0.15) is 35.4 Å². The fourth-order valence-electron chi connectivity index (χ4n) is 4.49. The molecule has 2 aliphatic heterocycles. The molecule has 2 unspecified atom stereocenters. The first-order valence-corrected chi connectivity index (χ1v) is 16.2. The number of rotatable bonds is 13. The van der Waals surface area contributed by atoms with Crippen molar-refractivity contribution in [1.29, 1.82) is 0 Å². The number of alkyl halides is 1. The molecule has 4 rings (SSSR count). The standard InChI is InChI=1S/C28H37FN5O6PS/c1-5-19(6-2)14-38-27(36)17(3)33-41(37,40-22-13-9-11-20-10-7-8-12-21(20)22)39-15-23-25(35)24(29)26(42-23)34-16-31-28(30)32-18(34)4/h7-13,16-17,19,23-26,35H,4-6,14-15H2,1-3H3,(H2,30,32)(H,33,37)/t17-,23+,24?,25-,26+,41?/m0/s1. The van der Waals surface area contributed by atoms with E-state index >= 15 is 4.39 Å². The van der Waals surface area contributed by atoms with E-state index in [1.165, 1.54) is 18.2 Å². The zero-order valence-electron chi connectivity index (χ0n) is 23.8. The fourth-order valence-corrected chi connectivity index (χ4v) is 7.56. The number of carbonyl (C=O) groups is 1. The maximum absolute atomic E-state index is 15.2. The Kier molecular flexibility index (Phi) is 10.7. The van der Waals surface area contributed by atoms with Gasteiger partial charge in [-0.2, -0.15) is 10.1 Å². The van der Waals surface area contributed by atoms with E-state index in [1.54, 1.807) is 18.2 Å². The van der Waals surface area contributed by atoms with E-state index in [0.717, 1.165) is 30.0 Å². The lowest BCUT2D eigenvalue weighted by molar-refractivity contribution is -0.146. The van der Waals surface area contributed by atoms with Crippen LogP contribution in [-0.2, 0) is 18.6 Å². The summed E-state index contributed by atoms with van der Waals surface area (Å²) in [5.74, 6) is 0.0126. The van der Waals surface area contributed by atoms with Crippen LogP contribution in [0.3, 0.4) is 0 Å². The van der Waals surface area contributed by atoms with Gasteiger partial charge in [-0.3, -0.25) is 9.32 Å². The summed E-state index contributed by atoms with van der Waals surface area (Å²) in [6.45, 7) is 9.17. The lowest BCUT2D eigenvalue weighted by atomic mass is 10.1. The molecule has 0 bridgehead atoms. The van der Waals surface area contributed by atoms with E-state index in [4.69, 9.17) is 19.5 Å². The van der Waals surface area contributed by atoms with Crippen molar-refractivity contribution < 1.29 is 32.6 Å². The molecule has 0 spiro atoms. The van der Waals surface area contributed by atoms with Crippen LogP contribution in [0.2, 0.25) is 0 Å². The Bertz CT molecular complexity index is 1390. The first-order chi connectivity index (χ1) is 20.0. The van der Waals surface area contributed by atoms with Crippen LogP contribution in [0, 0.1) is 5.92 Å². The van der Waals surface area contributed by atoms with Gasteiger partial charge in [-0.15, -0.1) is 11.8 Å². The summed E-state index contributed by atoms with van der Waals surface area (Å²) >= 11 is 1.05. The summed E-state index contributed by atoms with van der Waals surface area (Å²) < 4.78 is 46.6. The number of carbonyl (C=O) groups excluding carboxylic acids is 1. The molecule has 0 amide bonds. The van der Waals surface area contributed by atoms with Crippen molar-refractivity contribution in [3.05, 3.63) is 54.9 Å². The summed E-state index contributed by atoms with van der Waals surface area (Å²) in [4.78, 5) is 22.0. The molecule has 0 radical (unpaired) electrons. The molecule has 4 N–H and O–H groups in total. The number of nitrogens with one attached hydrogen (secondary N) is 1. The van der Waals surface area contributed by atoms with Gasteiger partial charge in [-0.05, 0) is 24.3 Å². The number of hydrogen-bond acceptors (Lipinski definition) is 11. The lowest BCUT2D eigenvalue weighted by Crippen LogP contribution is -2.40. The predicted octanol–water partition coefficient (Wildman–Crippen LogP) is 4.57. The highest BCUT2D eigenvalue weighted by molar-refractivity contribution is 8.00. The third-order valence-corrected chi connectivity index (χ3v) is 10.3. The molecule has 11 nitrogen and oxygen atoms in total. The van der Waals surface area contributed by atoms with Gasteiger partial charge in [0, 0.05) is 5.39 Å². The number of aliphatic hydroxyl groups excluding tert-OH is 1. The van der Waals surface area contributed by atoms with Gasteiger partial charge in [0.2, 0.25) is 5.96 Å². The molecule has 2 aliphatic rings. The Morgan fingerprint density at radius 1 is 1.26 bits per heavy atom. The van der Waals surface area contributed by atoms with Gasteiger partial charge in [-0.1, -0.05) is 69.7 Å². The van der Waals surface area contributed by atoms with Crippen molar-refractivity contribution in [3.63, 3.8) is 0 Å². The number of esters is 1. The van der Waals surface area contributed by atoms with E-state index < -0.39 is 42.7 Å². The van der Waals surface area contributed by atoms with Gasteiger partial charge in [-0.25, -0.2) is 13.9 Å². The second-order valence-electron chi connectivity index (χ2n) is 10.1. The molecule has 0 aliphatic carbocycles. The molecule has 228 valence electrons. The summed E-state index contributed by atoms with van der Waals surface area (Å²) in [5.41, 5.74) is 5.59. The minimum absolute atomic E-state index is 0.0137. The van der Waals surface area contributed by atoms with Crippen LogP contribution in [0.15, 0.2) is 64.8 Å². The molecule has 0 aromatic heterocycles. The van der Waals surface area contributed by atoms with E-state index in [2.05, 4.69) is 21.7 Å². The molecule has 2 heterocycles. The van der Waals surface area contributed by atoms with Crippen molar-refractivity contribution in [2.45, 2.75) is 62.6 Å². The number of aliphatic hydroxyl groups is 1. The number of fused-ring (bicyclic) bond motifs is 1. The topological polar surface area (TPSA) is 148 Å². The lowest BCUT2D eigenvalue weighted by Gasteiger charge is -2.28. The minimum atomic E-state index is -4.28. The SMILES string of the molecule is C=C1N=C(N)N=CN1[C@@H]1S[C@H](COP(=O)(N[C@@H](C)C(=O)OCC(CC)CC)Oc2cccc3ccccc23)[C@H](O)C1F. The number of nitrogens with two attached hydrogens (primary N) is 1. The summed E-state index contributed by atoms with van der Waals surface area (Å²) in [5, 5.41) is 13.1. The molecule has 2 aromatic rings. The van der Waals surface area contributed by atoms with E-state index in [9.17, 15) is 14.5 Å². The van der Waals surface area contributed by atoms with Gasteiger partial charge < -0.3 is 25.0 Å². The Balaban J connectivity index is 1.51. The third kappa shape index (κ3) is 7.51. The Labute approximate surface area is 249 Å². The zero-order valence-corrected chi connectivity index (χ0v) is 25.5. The summed E-state index contributed by atoms with van der Waals surface area (Å²) in [6.07, 6.45) is -0.197. The molecule has 1 saturated heterocycles. The highest BCUT2D eigenvalue weighted by Gasteiger charge is 2.48. The average Bonchev–Trinajstić information content (AvgIpc) is 3.25. The van der Waals surface area contributed by atoms with Gasteiger partial charge in [0.25, 0.3) is 0 Å². The van der Waals surface area contributed by atoms with Crippen LogP contribution >= 0.6 is 19.5 Å². The predicted molar refractivity (Wildman–Crippen MR) is 163 cm³/mol. The number of aliphatic imine (C=N–C) groups is 2. The number of ether oxygens (including phenoxy) is 1. The first kappa shape index (κ1) is 32.0. The molecular formula is C28H37FN5O6PS. The normalized spacial score (nSPS) is 24.5. The summed E-state index contributed by atoms with van der Waals surface area (Å²) in [7, 11) is -4.28. The molecule has 6 atom stereocenters. The van der Waals surface area contributed by atoms with Gasteiger partial charge >= 0.3 is 13.7 Å². The van der Waals surface area contributed by atoms with Crippen molar-refractivity contribution in [2.24, 2.45) is 21.6 Å². The van der Waals surface area contributed by atoms with Crippen molar-refractivity contribution in [1.82, 2.24) is 9.99 Å². The molecule has 2 aromatic carbocycles. The van der Waals surface area contributed by atoms with Crippen LogP contribution < -0.4 is 15.3 Å². The Morgan fingerprint density at radius 2 is 1.98 bits per heavy atom. The zero-order chi connectivity index (χ0) is 30.4. The number of nitrogens with zero attached hydrogens (tertiary/aromatic N) is 3. The largest absolute Gasteiger partial charge is 0.464 e. The van der Waals surface area contributed by atoms with Gasteiger partial charge in [0.05, 0.1) is 18.5 Å². The van der Waals surface area contributed by atoms with Crippen LogP contribution in [0.25, 0.3) is 10.8 Å². The second kappa shape index (κ2) is 14.0. The van der Waals surface area contributed by atoms with E-state index in [-0.39, 0.29) is 36.7 Å².